The summed E-state index contributed by atoms with van der Waals surface area (Å²) in [4.78, 5) is 20.2. The van der Waals surface area contributed by atoms with Crippen LogP contribution in [0.4, 0.5) is 30.4 Å². The van der Waals surface area contributed by atoms with Gasteiger partial charge in [0.1, 0.15) is 34.8 Å². The van der Waals surface area contributed by atoms with E-state index in [9.17, 15) is 18.0 Å². The van der Waals surface area contributed by atoms with E-state index in [0.29, 0.717) is 30.5 Å². The van der Waals surface area contributed by atoms with Gasteiger partial charge in [0.25, 0.3) is 5.91 Å². The summed E-state index contributed by atoms with van der Waals surface area (Å²) in [6.45, 7) is 3.88. The average Bonchev–Trinajstić information content (AvgIpc) is 3.28. The molecule has 0 spiro atoms. The number of nitrogens with one attached hydrogen (secondary N) is 2. The monoisotopic (exact) mass is 464 g/mol. The van der Waals surface area contributed by atoms with E-state index >= 15 is 0 Å². The van der Waals surface area contributed by atoms with E-state index in [-0.39, 0.29) is 29.0 Å². The maximum absolute atomic E-state index is 14.4. The summed E-state index contributed by atoms with van der Waals surface area (Å²) in [5.41, 5.74) is 0.397. The number of nitrogens with zero attached hydrogens (tertiary/aromatic N) is 2. The van der Waals surface area contributed by atoms with Crippen molar-refractivity contribution in [3.05, 3.63) is 59.7 Å². The van der Waals surface area contributed by atoms with Gasteiger partial charge in [-0.3, -0.25) is 4.79 Å². The Bertz CT molecular complexity index is 1220. The Morgan fingerprint density at radius 3 is 2.78 bits per heavy atom. The van der Waals surface area contributed by atoms with Gasteiger partial charge >= 0.3 is 0 Å². The second-order valence-electron chi connectivity index (χ2n) is 6.90. The quantitative estimate of drug-likeness (QED) is 0.399. The average molecular weight is 465 g/mol. The molecule has 1 aliphatic heterocycles. The zero-order chi connectivity index (χ0) is 22.8. The Morgan fingerprint density at radius 1 is 1.25 bits per heavy atom. The highest BCUT2D eigenvalue weighted by Crippen LogP contribution is 2.36. The van der Waals surface area contributed by atoms with Crippen molar-refractivity contribution >= 4 is 45.6 Å². The fraction of sp³-hybridized carbons (Fsp3) is 0.190. The highest BCUT2D eigenvalue weighted by Gasteiger charge is 2.22. The van der Waals surface area contributed by atoms with Crippen LogP contribution in [0.25, 0.3) is 10.9 Å². The lowest BCUT2D eigenvalue weighted by molar-refractivity contribution is -0.114. The molecule has 0 radical (unpaired) electrons. The summed E-state index contributed by atoms with van der Waals surface area (Å²) in [5, 5.41) is 4.80. The van der Waals surface area contributed by atoms with Crippen molar-refractivity contribution in [3.63, 3.8) is 0 Å². The third kappa shape index (κ3) is 4.46. The van der Waals surface area contributed by atoms with Gasteiger partial charge in [0.15, 0.2) is 11.6 Å². The molecule has 4 rings (SSSR count). The lowest BCUT2D eigenvalue weighted by Gasteiger charge is -2.18. The van der Waals surface area contributed by atoms with Gasteiger partial charge in [-0.15, -0.1) is 0 Å². The molecule has 0 saturated carbocycles. The fourth-order valence-electron chi connectivity index (χ4n) is 3.10. The normalized spacial score (nSPS) is 15.6. The predicted molar refractivity (Wildman–Crippen MR) is 113 cm³/mol. The van der Waals surface area contributed by atoms with Crippen LogP contribution in [-0.2, 0) is 9.53 Å². The van der Waals surface area contributed by atoms with Crippen molar-refractivity contribution in [2.75, 3.05) is 23.8 Å². The van der Waals surface area contributed by atoms with Crippen LogP contribution in [0.15, 0.2) is 43.0 Å². The van der Waals surface area contributed by atoms with E-state index in [1.807, 2.05) is 0 Å². The maximum Gasteiger partial charge on any atom is 0.283 e. The SMILES string of the molecule is C=C(F)C(=O)Nc1cc2c(Nc3ccc(F)c(Cl)c3F)ncnc2cc1O[C@H]1CCOC1. The number of hydrogen-bond acceptors (Lipinski definition) is 6. The van der Waals surface area contributed by atoms with Crippen molar-refractivity contribution in [1.82, 2.24) is 9.97 Å². The number of anilines is 3. The standard InChI is InChI=1S/C21H16ClF3N4O3/c1-10(23)21(30)29-16-6-12-15(7-17(16)32-11-4-5-31-8-11)26-9-27-20(12)28-14-3-2-13(24)18(22)19(14)25/h2-3,6-7,9,11H,1,4-5,8H2,(H,29,30)(H,26,27,28)/t11-/m0/s1. The van der Waals surface area contributed by atoms with Crippen molar-refractivity contribution < 1.29 is 27.4 Å². The molecule has 32 heavy (non-hydrogen) atoms. The first-order valence-corrected chi connectivity index (χ1v) is 9.80. The Morgan fingerprint density at radius 2 is 2.06 bits per heavy atom. The number of fused-ring (bicyclic) bond motifs is 1. The van der Waals surface area contributed by atoms with Crippen LogP contribution in [0.1, 0.15) is 6.42 Å². The molecule has 1 aliphatic rings. The van der Waals surface area contributed by atoms with Crippen LogP contribution in [0.2, 0.25) is 5.02 Å². The summed E-state index contributed by atoms with van der Waals surface area (Å²) >= 11 is 5.64. The van der Waals surface area contributed by atoms with Gasteiger partial charge in [0.05, 0.1) is 30.1 Å². The first kappa shape index (κ1) is 21.8. The van der Waals surface area contributed by atoms with Crippen LogP contribution in [0.5, 0.6) is 5.75 Å². The second kappa shape index (κ2) is 9.01. The molecule has 11 heteroatoms. The van der Waals surface area contributed by atoms with Crippen LogP contribution in [-0.4, -0.2) is 35.2 Å². The Hall–Kier alpha value is -3.37. The third-order valence-electron chi connectivity index (χ3n) is 4.70. The molecule has 1 fully saturated rings. The molecule has 1 saturated heterocycles. The number of carbonyl (C=O) groups excluding carboxylic acids is 1. The van der Waals surface area contributed by atoms with Crippen molar-refractivity contribution in [2.45, 2.75) is 12.5 Å². The largest absolute Gasteiger partial charge is 0.486 e. The number of carbonyl (C=O) groups is 1. The minimum absolute atomic E-state index is 0.123. The second-order valence-corrected chi connectivity index (χ2v) is 7.28. The number of hydrogen-bond donors (Lipinski definition) is 2. The number of aromatic nitrogens is 2. The van der Waals surface area contributed by atoms with Crippen LogP contribution >= 0.6 is 11.6 Å². The Balaban J connectivity index is 1.77. The zero-order valence-electron chi connectivity index (χ0n) is 16.4. The number of amides is 1. The first-order valence-electron chi connectivity index (χ1n) is 9.43. The maximum atomic E-state index is 14.4. The lowest BCUT2D eigenvalue weighted by Crippen LogP contribution is -2.18. The minimum atomic E-state index is -1.19. The molecule has 0 aliphatic carbocycles. The Kier molecular flexibility index (Phi) is 6.15. The molecular formula is C21H16ClF3N4O3. The molecule has 1 aromatic heterocycles. The molecule has 0 bridgehead atoms. The molecule has 2 aromatic carbocycles. The molecule has 3 aromatic rings. The lowest BCUT2D eigenvalue weighted by atomic mass is 10.1. The van der Waals surface area contributed by atoms with Gasteiger partial charge in [0.2, 0.25) is 0 Å². The van der Waals surface area contributed by atoms with Crippen molar-refractivity contribution in [2.24, 2.45) is 0 Å². The van der Waals surface area contributed by atoms with Crippen molar-refractivity contribution in [3.8, 4) is 5.75 Å². The molecule has 2 N–H and O–H groups in total. The summed E-state index contributed by atoms with van der Waals surface area (Å²) in [6, 6.07) is 5.15. The Labute approximate surface area is 185 Å². The number of halogens is 4. The summed E-state index contributed by atoms with van der Waals surface area (Å²) in [7, 11) is 0. The minimum Gasteiger partial charge on any atom is -0.486 e. The first-order chi connectivity index (χ1) is 15.3. The van der Waals surface area contributed by atoms with Gasteiger partial charge in [-0.05, 0) is 18.2 Å². The van der Waals surface area contributed by atoms with E-state index in [0.717, 1.165) is 12.1 Å². The molecule has 166 valence electrons. The fourth-order valence-corrected chi connectivity index (χ4v) is 3.27. The van der Waals surface area contributed by atoms with E-state index in [1.54, 1.807) is 0 Å². The smallest absolute Gasteiger partial charge is 0.283 e. The molecule has 7 nitrogen and oxygen atoms in total. The summed E-state index contributed by atoms with van der Waals surface area (Å²) in [6.07, 6.45) is 1.62. The molecular weight excluding hydrogens is 449 g/mol. The highest BCUT2D eigenvalue weighted by atomic mass is 35.5. The predicted octanol–water partition coefficient (Wildman–Crippen LogP) is 4.89. The summed E-state index contributed by atoms with van der Waals surface area (Å²) in [5.74, 6) is -3.77. The van der Waals surface area contributed by atoms with Crippen LogP contribution < -0.4 is 15.4 Å². The van der Waals surface area contributed by atoms with Gasteiger partial charge in [-0.25, -0.2) is 23.1 Å². The molecule has 1 atom stereocenters. The highest BCUT2D eigenvalue weighted by molar-refractivity contribution is 6.31. The molecule has 2 heterocycles. The van der Waals surface area contributed by atoms with E-state index in [1.165, 1.54) is 18.5 Å². The topological polar surface area (TPSA) is 85.4 Å². The van der Waals surface area contributed by atoms with Gasteiger partial charge < -0.3 is 20.1 Å². The van der Waals surface area contributed by atoms with E-state index < -0.39 is 28.4 Å². The van der Waals surface area contributed by atoms with Gasteiger partial charge in [-0.2, -0.15) is 0 Å². The van der Waals surface area contributed by atoms with Gasteiger partial charge in [-0.1, -0.05) is 18.2 Å². The third-order valence-corrected chi connectivity index (χ3v) is 5.05. The van der Waals surface area contributed by atoms with E-state index in [4.69, 9.17) is 21.1 Å². The molecule has 0 unspecified atom stereocenters. The number of benzene rings is 2. The zero-order valence-corrected chi connectivity index (χ0v) is 17.2. The van der Waals surface area contributed by atoms with Crippen LogP contribution in [0, 0.1) is 11.6 Å². The number of ether oxygens (including phenoxy) is 2. The van der Waals surface area contributed by atoms with E-state index in [2.05, 4.69) is 27.2 Å². The van der Waals surface area contributed by atoms with Crippen molar-refractivity contribution in [1.29, 1.82) is 0 Å². The van der Waals surface area contributed by atoms with Crippen LogP contribution in [0.3, 0.4) is 0 Å². The van der Waals surface area contributed by atoms with Gasteiger partial charge in [0, 0.05) is 17.9 Å². The summed E-state index contributed by atoms with van der Waals surface area (Å²) < 4.78 is 52.4. The molecule has 1 amide bonds. The number of rotatable bonds is 6.